The van der Waals surface area contributed by atoms with Gasteiger partial charge in [-0.2, -0.15) is 0 Å². The summed E-state index contributed by atoms with van der Waals surface area (Å²) in [6.07, 6.45) is 2.83. The standard InChI is InChI=1S/C20H26N4O3/c1-27-17-7-2-5-15(11-17)13-24-10-4-8-20(26,19(24)25)14-22-12-16-6-3-9-23-18(16)21/h2-3,5-7,9,11,22,26H,4,8,10,12-14H2,1H3,(H2,21,23). The van der Waals surface area contributed by atoms with E-state index in [1.807, 2.05) is 36.4 Å². The minimum atomic E-state index is -1.41. The lowest BCUT2D eigenvalue weighted by Gasteiger charge is -2.38. The van der Waals surface area contributed by atoms with Crippen LogP contribution in [0, 0.1) is 0 Å². The molecule has 1 fully saturated rings. The summed E-state index contributed by atoms with van der Waals surface area (Å²) >= 11 is 0. The maximum absolute atomic E-state index is 12.9. The van der Waals surface area contributed by atoms with Crippen LogP contribution >= 0.6 is 0 Å². The van der Waals surface area contributed by atoms with Crippen molar-refractivity contribution in [2.24, 2.45) is 0 Å². The predicted octanol–water partition coefficient (Wildman–Crippen LogP) is 1.32. The highest BCUT2D eigenvalue weighted by atomic mass is 16.5. The molecule has 4 N–H and O–H groups in total. The summed E-state index contributed by atoms with van der Waals surface area (Å²) in [5.74, 6) is 0.956. The molecule has 7 nitrogen and oxygen atoms in total. The molecular weight excluding hydrogens is 344 g/mol. The van der Waals surface area contributed by atoms with Gasteiger partial charge in [-0.05, 0) is 36.6 Å². The lowest BCUT2D eigenvalue weighted by Crippen LogP contribution is -2.57. The average molecular weight is 370 g/mol. The van der Waals surface area contributed by atoms with E-state index in [-0.39, 0.29) is 12.5 Å². The molecule has 27 heavy (non-hydrogen) atoms. The van der Waals surface area contributed by atoms with E-state index in [1.54, 1.807) is 18.2 Å². The molecule has 2 heterocycles. The summed E-state index contributed by atoms with van der Waals surface area (Å²) < 4.78 is 5.24. The van der Waals surface area contributed by atoms with Crippen LogP contribution in [0.1, 0.15) is 24.0 Å². The number of hydrogen-bond donors (Lipinski definition) is 3. The number of nitrogens with two attached hydrogens (primary N) is 1. The van der Waals surface area contributed by atoms with E-state index in [0.717, 1.165) is 23.3 Å². The SMILES string of the molecule is COc1cccc(CN2CCCC(O)(CNCc3cccnc3N)C2=O)c1. The maximum atomic E-state index is 12.9. The number of hydrogen-bond acceptors (Lipinski definition) is 6. The van der Waals surface area contributed by atoms with Crippen molar-refractivity contribution in [3.05, 3.63) is 53.7 Å². The van der Waals surface area contributed by atoms with E-state index in [4.69, 9.17) is 10.5 Å². The number of likely N-dealkylation sites (tertiary alicyclic amines) is 1. The summed E-state index contributed by atoms with van der Waals surface area (Å²) in [5, 5.41) is 14.1. The van der Waals surface area contributed by atoms with Gasteiger partial charge in [0.15, 0.2) is 5.60 Å². The molecule has 1 amide bonds. The van der Waals surface area contributed by atoms with Crippen LogP contribution in [0.4, 0.5) is 5.82 Å². The zero-order chi connectivity index (χ0) is 19.3. The van der Waals surface area contributed by atoms with Crippen LogP contribution in [0.3, 0.4) is 0 Å². The van der Waals surface area contributed by atoms with E-state index in [2.05, 4.69) is 10.3 Å². The van der Waals surface area contributed by atoms with Crippen LogP contribution in [0.5, 0.6) is 5.75 Å². The number of rotatable bonds is 7. The molecule has 0 bridgehead atoms. The minimum Gasteiger partial charge on any atom is -0.497 e. The molecule has 1 aromatic heterocycles. The molecule has 2 aromatic rings. The largest absolute Gasteiger partial charge is 0.497 e. The Morgan fingerprint density at radius 3 is 3.00 bits per heavy atom. The van der Waals surface area contributed by atoms with E-state index < -0.39 is 5.60 Å². The third kappa shape index (κ3) is 4.56. The Hall–Kier alpha value is -2.64. The fourth-order valence-electron chi connectivity index (χ4n) is 3.38. The smallest absolute Gasteiger partial charge is 0.256 e. The number of carbonyl (C=O) groups excluding carboxylic acids is 1. The van der Waals surface area contributed by atoms with E-state index in [1.165, 1.54) is 0 Å². The van der Waals surface area contributed by atoms with Gasteiger partial charge in [0.2, 0.25) is 0 Å². The van der Waals surface area contributed by atoms with Crippen LogP contribution in [-0.2, 0) is 17.9 Å². The predicted molar refractivity (Wildman–Crippen MR) is 103 cm³/mol. The van der Waals surface area contributed by atoms with Gasteiger partial charge < -0.3 is 25.8 Å². The number of aromatic nitrogens is 1. The average Bonchev–Trinajstić information content (AvgIpc) is 2.67. The van der Waals surface area contributed by atoms with Gasteiger partial charge in [0, 0.05) is 37.9 Å². The van der Waals surface area contributed by atoms with Gasteiger partial charge in [-0.3, -0.25) is 4.79 Å². The highest BCUT2D eigenvalue weighted by molar-refractivity contribution is 5.86. The van der Waals surface area contributed by atoms with Crippen molar-refractivity contribution in [2.75, 3.05) is 25.9 Å². The number of nitrogen functional groups attached to an aromatic ring is 1. The third-order valence-electron chi connectivity index (χ3n) is 4.87. The monoisotopic (exact) mass is 370 g/mol. The minimum absolute atomic E-state index is 0.175. The van der Waals surface area contributed by atoms with Crippen LogP contribution in [0.25, 0.3) is 0 Å². The Morgan fingerprint density at radius 2 is 2.22 bits per heavy atom. The van der Waals surface area contributed by atoms with Gasteiger partial charge in [0.05, 0.1) is 7.11 Å². The molecule has 1 aliphatic rings. The number of amides is 1. The number of piperidine rings is 1. The fourth-order valence-corrected chi connectivity index (χ4v) is 3.38. The summed E-state index contributed by atoms with van der Waals surface area (Å²) in [6, 6.07) is 11.3. The number of anilines is 1. The number of carbonyl (C=O) groups is 1. The van der Waals surface area contributed by atoms with Crippen LogP contribution in [-0.4, -0.2) is 46.7 Å². The Kier molecular flexibility index (Phi) is 5.93. The second-order valence-corrected chi connectivity index (χ2v) is 6.86. The Balaban J connectivity index is 1.61. The third-order valence-corrected chi connectivity index (χ3v) is 4.87. The first-order valence-corrected chi connectivity index (χ1v) is 9.06. The van der Waals surface area contributed by atoms with Crippen molar-refractivity contribution in [1.29, 1.82) is 0 Å². The second kappa shape index (κ2) is 8.37. The van der Waals surface area contributed by atoms with E-state index in [0.29, 0.717) is 31.9 Å². The van der Waals surface area contributed by atoms with Gasteiger partial charge in [-0.1, -0.05) is 18.2 Å². The molecule has 7 heteroatoms. The molecule has 3 rings (SSSR count). The van der Waals surface area contributed by atoms with Crippen molar-refractivity contribution in [3.63, 3.8) is 0 Å². The van der Waals surface area contributed by atoms with Gasteiger partial charge in [-0.25, -0.2) is 4.98 Å². The fraction of sp³-hybridized carbons (Fsp3) is 0.400. The molecule has 144 valence electrons. The van der Waals surface area contributed by atoms with E-state index in [9.17, 15) is 9.90 Å². The van der Waals surface area contributed by atoms with E-state index >= 15 is 0 Å². The second-order valence-electron chi connectivity index (χ2n) is 6.86. The Labute approximate surface area is 159 Å². The number of ether oxygens (including phenoxy) is 1. The Bertz CT molecular complexity index is 798. The molecule has 0 saturated carbocycles. The topological polar surface area (TPSA) is 101 Å². The normalized spacial score (nSPS) is 19.9. The van der Waals surface area contributed by atoms with Crippen LogP contribution in [0.15, 0.2) is 42.6 Å². The number of aliphatic hydroxyl groups is 1. The number of pyridine rings is 1. The first-order valence-electron chi connectivity index (χ1n) is 9.06. The first kappa shape index (κ1) is 19.1. The molecular formula is C20H26N4O3. The zero-order valence-corrected chi connectivity index (χ0v) is 15.5. The summed E-state index contributed by atoms with van der Waals surface area (Å²) in [6.45, 7) is 1.71. The summed E-state index contributed by atoms with van der Waals surface area (Å²) in [5.41, 5.74) is 6.24. The molecule has 0 radical (unpaired) electrons. The highest BCUT2D eigenvalue weighted by Crippen LogP contribution is 2.25. The lowest BCUT2D eigenvalue weighted by molar-refractivity contribution is -0.157. The highest BCUT2D eigenvalue weighted by Gasteiger charge is 2.41. The molecule has 1 atom stereocenters. The van der Waals surface area contributed by atoms with Gasteiger partial charge >= 0.3 is 0 Å². The molecule has 0 aliphatic carbocycles. The van der Waals surface area contributed by atoms with Crippen molar-refractivity contribution >= 4 is 11.7 Å². The number of nitrogens with zero attached hydrogens (tertiary/aromatic N) is 2. The van der Waals surface area contributed by atoms with Crippen molar-refractivity contribution in [1.82, 2.24) is 15.2 Å². The summed E-state index contributed by atoms with van der Waals surface area (Å²) in [4.78, 5) is 18.6. The lowest BCUT2D eigenvalue weighted by atomic mass is 9.91. The first-order chi connectivity index (χ1) is 13.0. The van der Waals surface area contributed by atoms with Crippen LogP contribution < -0.4 is 15.8 Å². The Morgan fingerprint density at radius 1 is 1.37 bits per heavy atom. The van der Waals surface area contributed by atoms with Gasteiger partial charge in [0.25, 0.3) is 5.91 Å². The number of benzene rings is 1. The molecule has 1 saturated heterocycles. The van der Waals surface area contributed by atoms with Gasteiger partial charge in [-0.15, -0.1) is 0 Å². The quantitative estimate of drug-likeness (QED) is 0.680. The number of methoxy groups -OCH3 is 1. The van der Waals surface area contributed by atoms with Crippen molar-refractivity contribution < 1.29 is 14.6 Å². The molecule has 1 aromatic carbocycles. The van der Waals surface area contributed by atoms with Crippen molar-refractivity contribution in [3.8, 4) is 5.75 Å². The molecule has 1 aliphatic heterocycles. The van der Waals surface area contributed by atoms with Crippen molar-refractivity contribution in [2.45, 2.75) is 31.5 Å². The maximum Gasteiger partial charge on any atom is 0.256 e. The molecule has 1 unspecified atom stereocenters. The van der Waals surface area contributed by atoms with Crippen LogP contribution in [0.2, 0.25) is 0 Å². The zero-order valence-electron chi connectivity index (χ0n) is 15.5. The number of nitrogens with one attached hydrogen (secondary N) is 1. The molecule has 0 spiro atoms. The van der Waals surface area contributed by atoms with Gasteiger partial charge in [0.1, 0.15) is 11.6 Å². The summed E-state index contributed by atoms with van der Waals surface area (Å²) in [7, 11) is 1.62.